The van der Waals surface area contributed by atoms with Gasteiger partial charge >= 0.3 is 12.0 Å². The maximum atomic E-state index is 11.6. The molecule has 0 radical (unpaired) electrons. The van der Waals surface area contributed by atoms with Crippen LogP contribution in [-0.4, -0.2) is 49.0 Å². The summed E-state index contributed by atoms with van der Waals surface area (Å²) in [6, 6.07) is -0.862. The smallest absolute Gasteiger partial charge is 0.318 e. The molecule has 0 bridgehead atoms. The molecule has 3 N–H and O–H groups in total. The zero-order valence-electron chi connectivity index (χ0n) is 10.5. The van der Waals surface area contributed by atoms with Gasteiger partial charge in [0, 0.05) is 6.54 Å². The molecule has 0 saturated carbocycles. The van der Waals surface area contributed by atoms with Crippen LogP contribution in [0.3, 0.4) is 0 Å². The number of ether oxygens (including phenoxy) is 1. The minimum absolute atomic E-state index is 0.0683. The van der Waals surface area contributed by atoms with Gasteiger partial charge in [-0.25, -0.2) is 4.79 Å². The zero-order chi connectivity index (χ0) is 13.5. The van der Waals surface area contributed by atoms with Crippen molar-refractivity contribution in [1.82, 2.24) is 10.2 Å². The van der Waals surface area contributed by atoms with Gasteiger partial charge < -0.3 is 10.5 Å². The normalized spacial score (nSPS) is 20.2. The molecule has 1 heterocycles. The second-order valence-electron chi connectivity index (χ2n) is 4.24. The van der Waals surface area contributed by atoms with Crippen LogP contribution in [0.25, 0.3) is 0 Å². The van der Waals surface area contributed by atoms with Crippen LogP contribution in [0, 0.1) is 5.92 Å². The quantitative estimate of drug-likeness (QED) is 0.658. The van der Waals surface area contributed by atoms with Crippen LogP contribution in [0.1, 0.15) is 19.8 Å². The van der Waals surface area contributed by atoms with E-state index < -0.39 is 11.9 Å². The molecule has 7 heteroatoms. The first-order valence-corrected chi connectivity index (χ1v) is 6.01. The fourth-order valence-electron chi connectivity index (χ4n) is 2.03. The molecule has 0 spiro atoms. The molecule has 0 aromatic rings. The van der Waals surface area contributed by atoms with Gasteiger partial charge in [0.2, 0.25) is 5.91 Å². The molecule has 3 amide bonds. The number of nitrogens with zero attached hydrogens (tertiary/aromatic N) is 1. The number of likely N-dealkylation sites (tertiary alicyclic amines) is 1. The van der Waals surface area contributed by atoms with Crippen molar-refractivity contribution < 1.29 is 19.1 Å². The standard InChI is InChI=1S/C11H19N3O4/c1-2-18-10(16)8-4-3-5-14(6-8)7-9(15)13-11(12)17/h8H,2-7H2,1H3,(H3,12,13,15,17)/t8-/m1/s1. The lowest BCUT2D eigenvalue weighted by Crippen LogP contribution is -2.46. The van der Waals surface area contributed by atoms with Crippen LogP contribution in [0.2, 0.25) is 0 Å². The number of nitrogens with two attached hydrogens (primary N) is 1. The Morgan fingerprint density at radius 3 is 2.78 bits per heavy atom. The van der Waals surface area contributed by atoms with Gasteiger partial charge in [0.1, 0.15) is 0 Å². The first kappa shape index (κ1) is 14.4. The number of piperidine rings is 1. The molecule has 1 saturated heterocycles. The molecule has 1 fully saturated rings. The van der Waals surface area contributed by atoms with Crippen molar-refractivity contribution in [3.63, 3.8) is 0 Å². The number of carbonyl (C=O) groups excluding carboxylic acids is 3. The number of carbonyl (C=O) groups is 3. The SMILES string of the molecule is CCOC(=O)[C@@H]1CCCN(CC(=O)NC(N)=O)C1. The number of esters is 1. The molecule has 0 aromatic carbocycles. The minimum atomic E-state index is -0.862. The first-order valence-electron chi connectivity index (χ1n) is 6.01. The second-order valence-corrected chi connectivity index (χ2v) is 4.24. The summed E-state index contributed by atoms with van der Waals surface area (Å²) in [5.74, 6) is -0.871. The number of urea groups is 1. The van der Waals surface area contributed by atoms with Crippen molar-refractivity contribution in [2.45, 2.75) is 19.8 Å². The Balaban J connectivity index is 2.41. The number of amides is 3. The third-order valence-corrected chi connectivity index (χ3v) is 2.76. The Bertz CT molecular complexity index is 332. The van der Waals surface area contributed by atoms with E-state index in [1.165, 1.54) is 0 Å². The summed E-state index contributed by atoms with van der Waals surface area (Å²) in [5, 5.41) is 2.00. The average Bonchev–Trinajstić information content (AvgIpc) is 2.28. The van der Waals surface area contributed by atoms with E-state index >= 15 is 0 Å². The molecule has 1 atom stereocenters. The Morgan fingerprint density at radius 2 is 2.17 bits per heavy atom. The van der Waals surface area contributed by atoms with Crippen LogP contribution in [-0.2, 0) is 14.3 Å². The summed E-state index contributed by atoms with van der Waals surface area (Å²) < 4.78 is 4.96. The van der Waals surface area contributed by atoms with Gasteiger partial charge in [0.05, 0.1) is 19.1 Å². The number of imide groups is 1. The number of hydrogen-bond acceptors (Lipinski definition) is 5. The number of primary amides is 1. The van der Waals surface area contributed by atoms with Gasteiger partial charge in [-0.2, -0.15) is 0 Å². The molecular weight excluding hydrogens is 238 g/mol. The third kappa shape index (κ3) is 4.70. The third-order valence-electron chi connectivity index (χ3n) is 2.76. The summed E-state index contributed by atoms with van der Waals surface area (Å²) in [7, 11) is 0. The molecule has 0 aromatic heterocycles. The largest absolute Gasteiger partial charge is 0.466 e. The van der Waals surface area contributed by atoms with Crippen LogP contribution >= 0.6 is 0 Å². The Kier molecular flexibility index (Phi) is 5.57. The summed E-state index contributed by atoms with van der Waals surface area (Å²) in [6.45, 7) is 3.39. The van der Waals surface area contributed by atoms with Gasteiger partial charge in [-0.15, -0.1) is 0 Å². The Morgan fingerprint density at radius 1 is 1.44 bits per heavy atom. The van der Waals surface area contributed by atoms with E-state index in [1.54, 1.807) is 6.92 Å². The second kappa shape index (κ2) is 6.95. The fraction of sp³-hybridized carbons (Fsp3) is 0.727. The van der Waals surface area contributed by atoms with Gasteiger partial charge in [-0.05, 0) is 26.3 Å². The predicted octanol–water partition coefficient (Wildman–Crippen LogP) is -0.544. The summed E-state index contributed by atoms with van der Waals surface area (Å²) in [6.07, 6.45) is 1.60. The molecule has 1 rings (SSSR count). The lowest BCUT2D eigenvalue weighted by atomic mass is 9.98. The fourth-order valence-corrected chi connectivity index (χ4v) is 2.03. The van der Waals surface area contributed by atoms with Crippen molar-refractivity contribution in [3.05, 3.63) is 0 Å². The van der Waals surface area contributed by atoms with E-state index in [4.69, 9.17) is 10.5 Å². The Hall–Kier alpha value is -1.63. The average molecular weight is 257 g/mol. The van der Waals surface area contributed by atoms with Crippen molar-refractivity contribution in [3.8, 4) is 0 Å². The first-order chi connectivity index (χ1) is 8.52. The van der Waals surface area contributed by atoms with Crippen LogP contribution in [0.15, 0.2) is 0 Å². The monoisotopic (exact) mass is 257 g/mol. The van der Waals surface area contributed by atoms with Crippen LogP contribution in [0.4, 0.5) is 4.79 Å². The maximum Gasteiger partial charge on any atom is 0.318 e. The lowest BCUT2D eigenvalue weighted by molar-refractivity contribution is -0.150. The van der Waals surface area contributed by atoms with Crippen molar-refractivity contribution in [1.29, 1.82) is 0 Å². The molecule has 102 valence electrons. The minimum Gasteiger partial charge on any atom is -0.466 e. The van der Waals surface area contributed by atoms with E-state index in [-0.39, 0.29) is 18.4 Å². The molecular formula is C11H19N3O4. The van der Waals surface area contributed by atoms with Gasteiger partial charge in [-0.1, -0.05) is 0 Å². The highest BCUT2D eigenvalue weighted by molar-refractivity contribution is 5.94. The van der Waals surface area contributed by atoms with Crippen molar-refractivity contribution in [2.24, 2.45) is 11.7 Å². The molecule has 1 aliphatic rings. The van der Waals surface area contributed by atoms with E-state index in [0.717, 1.165) is 19.4 Å². The molecule has 1 aliphatic heterocycles. The van der Waals surface area contributed by atoms with E-state index in [1.807, 2.05) is 10.2 Å². The van der Waals surface area contributed by atoms with Gasteiger partial charge in [0.25, 0.3) is 0 Å². The lowest BCUT2D eigenvalue weighted by Gasteiger charge is -2.30. The highest BCUT2D eigenvalue weighted by Crippen LogP contribution is 2.17. The highest BCUT2D eigenvalue weighted by atomic mass is 16.5. The number of rotatable bonds is 4. The van der Waals surface area contributed by atoms with Crippen LogP contribution in [0.5, 0.6) is 0 Å². The summed E-state index contributed by atoms with van der Waals surface area (Å²) in [5.41, 5.74) is 4.85. The number of hydrogen-bond donors (Lipinski definition) is 2. The van der Waals surface area contributed by atoms with Crippen molar-refractivity contribution >= 4 is 17.9 Å². The van der Waals surface area contributed by atoms with Crippen LogP contribution < -0.4 is 11.1 Å². The molecule has 18 heavy (non-hydrogen) atoms. The van der Waals surface area contributed by atoms with Gasteiger partial charge in [-0.3, -0.25) is 19.8 Å². The van der Waals surface area contributed by atoms with E-state index in [9.17, 15) is 14.4 Å². The maximum absolute atomic E-state index is 11.6. The highest BCUT2D eigenvalue weighted by Gasteiger charge is 2.27. The zero-order valence-corrected chi connectivity index (χ0v) is 10.5. The number of nitrogens with one attached hydrogen (secondary N) is 1. The molecule has 0 aliphatic carbocycles. The molecule has 7 nitrogen and oxygen atoms in total. The Labute approximate surface area is 106 Å². The molecule has 0 unspecified atom stereocenters. The predicted molar refractivity (Wildman–Crippen MR) is 63.5 cm³/mol. The summed E-state index contributed by atoms with van der Waals surface area (Å²) >= 11 is 0. The van der Waals surface area contributed by atoms with E-state index in [2.05, 4.69) is 0 Å². The van der Waals surface area contributed by atoms with Crippen molar-refractivity contribution in [2.75, 3.05) is 26.2 Å². The summed E-state index contributed by atoms with van der Waals surface area (Å²) in [4.78, 5) is 35.3. The van der Waals surface area contributed by atoms with E-state index in [0.29, 0.717) is 13.2 Å². The topological polar surface area (TPSA) is 102 Å². The van der Waals surface area contributed by atoms with Gasteiger partial charge in [0.15, 0.2) is 0 Å².